The summed E-state index contributed by atoms with van der Waals surface area (Å²) in [5.41, 5.74) is 6.26. The summed E-state index contributed by atoms with van der Waals surface area (Å²) < 4.78 is 0. The topological polar surface area (TPSA) is 74.9 Å². The number of H-pyrrole nitrogens is 1. The minimum Gasteiger partial charge on any atom is -0.396 e. The van der Waals surface area contributed by atoms with Crippen LogP contribution in [0.3, 0.4) is 0 Å². The molecule has 0 aliphatic rings. The highest BCUT2D eigenvalue weighted by molar-refractivity contribution is 5.03. The Labute approximate surface area is 59.1 Å². The van der Waals surface area contributed by atoms with Crippen LogP contribution in [0.25, 0.3) is 0 Å². The van der Waals surface area contributed by atoms with Gasteiger partial charge < -0.3 is 15.8 Å². The summed E-state index contributed by atoms with van der Waals surface area (Å²) in [7, 11) is 0. The van der Waals surface area contributed by atoms with Gasteiger partial charge >= 0.3 is 0 Å². The molecule has 1 aromatic heterocycles. The molecule has 0 saturated carbocycles. The molecule has 1 aromatic rings. The zero-order valence-corrected chi connectivity index (χ0v) is 5.62. The van der Waals surface area contributed by atoms with Crippen LogP contribution in [-0.2, 0) is 0 Å². The Morgan fingerprint density at radius 2 is 2.60 bits per heavy atom. The first-order valence-corrected chi connectivity index (χ1v) is 3.17. The average Bonchev–Trinajstić information content (AvgIpc) is 2.43. The SMILES string of the molecule is NCC(CO)c1cnc[nH]1. The van der Waals surface area contributed by atoms with Crippen LogP contribution in [0.2, 0.25) is 0 Å². The number of aliphatic hydroxyl groups excluding tert-OH is 1. The van der Waals surface area contributed by atoms with E-state index in [1.54, 1.807) is 12.5 Å². The lowest BCUT2D eigenvalue weighted by atomic mass is 10.1. The van der Waals surface area contributed by atoms with Gasteiger partial charge in [0.2, 0.25) is 0 Å². The van der Waals surface area contributed by atoms with Gasteiger partial charge in [-0.1, -0.05) is 0 Å². The first kappa shape index (κ1) is 7.24. The molecule has 0 aromatic carbocycles. The molecule has 56 valence electrons. The minimum absolute atomic E-state index is 0.00231. The van der Waals surface area contributed by atoms with Crippen molar-refractivity contribution in [3.8, 4) is 0 Å². The molecule has 1 unspecified atom stereocenters. The standard InChI is InChI=1S/C6H11N3O/c7-1-5(3-10)6-2-8-4-9-6/h2,4-5,10H,1,3,7H2,(H,8,9). The number of hydrogen-bond donors (Lipinski definition) is 3. The summed E-state index contributed by atoms with van der Waals surface area (Å²) in [6.07, 6.45) is 3.25. The van der Waals surface area contributed by atoms with Crippen LogP contribution < -0.4 is 5.73 Å². The van der Waals surface area contributed by atoms with E-state index in [1.165, 1.54) is 0 Å². The van der Waals surface area contributed by atoms with E-state index < -0.39 is 0 Å². The quantitative estimate of drug-likeness (QED) is 0.528. The summed E-state index contributed by atoms with van der Waals surface area (Å²) in [6.45, 7) is 0.511. The summed E-state index contributed by atoms with van der Waals surface area (Å²) in [5, 5.41) is 8.77. The van der Waals surface area contributed by atoms with Gasteiger partial charge in [-0.05, 0) is 0 Å². The monoisotopic (exact) mass is 141 g/mol. The Hall–Kier alpha value is -0.870. The maximum Gasteiger partial charge on any atom is 0.0921 e. The fourth-order valence-corrected chi connectivity index (χ4v) is 0.790. The van der Waals surface area contributed by atoms with E-state index in [1.807, 2.05) is 0 Å². The highest BCUT2D eigenvalue weighted by Crippen LogP contribution is 2.07. The molecule has 4 heteroatoms. The van der Waals surface area contributed by atoms with Crippen molar-refractivity contribution in [1.82, 2.24) is 9.97 Å². The molecule has 1 rings (SSSR count). The van der Waals surface area contributed by atoms with E-state index in [0.717, 1.165) is 5.69 Å². The first-order valence-electron chi connectivity index (χ1n) is 3.17. The molecule has 1 heterocycles. The largest absolute Gasteiger partial charge is 0.396 e. The molecule has 1 atom stereocenters. The Morgan fingerprint density at radius 1 is 1.80 bits per heavy atom. The van der Waals surface area contributed by atoms with Crippen molar-refractivity contribution in [3.63, 3.8) is 0 Å². The van der Waals surface area contributed by atoms with Gasteiger partial charge in [0.1, 0.15) is 0 Å². The van der Waals surface area contributed by atoms with Gasteiger partial charge in [-0.3, -0.25) is 0 Å². The number of hydrogen-bond acceptors (Lipinski definition) is 3. The Morgan fingerprint density at radius 3 is 3.00 bits per heavy atom. The predicted molar refractivity (Wildman–Crippen MR) is 37.5 cm³/mol. The highest BCUT2D eigenvalue weighted by Gasteiger charge is 2.07. The third kappa shape index (κ3) is 1.34. The number of nitrogens with zero attached hydrogens (tertiary/aromatic N) is 1. The van der Waals surface area contributed by atoms with Gasteiger partial charge in [-0.2, -0.15) is 0 Å². The molecular formula is C6H11N3O. The second-order valence-corrected chi connectivity index (χ2v) is 2.12. The fraction of sp³-hybridized carbons (Fsp3) is 0.500. The van der Waals surface area contributed by atoms with Crippen molar-refractivity contribution in [2.24, 2.45) is 5.73 Å². The van der Waals surface area contributed by atoms with Crippen LogP contribution >= 0.6 is 0 Å². The van der Waals surface area contributed by atoms with E-state index in [4.69, 9.17) is 10.8 Å². The first-order chi connectivity index (χ1) is 4.88. The third-order valence-corrected chi connectivity index (χ3v) is 1.46. The highest BCUT2D eigenvalue weighted by atomic mass is 16.3. The van der Waals surface area contributed by atoms with Crippen molar-refractivity contribution in [1.29, 1.82) is 0 Å². The second kappa shape index (κ2) is 3.34. The van der Waals surface area contributed by atoms with Crippen molar-refractivity contribution in [2.45, 2.75) is 5.92 Å². The Kier molecular flexibility index (Phi) is 2.42. The predicted octanol–water partition coefficient (Wildman–Crippen LogP) is -0.556. The van der Waals surface area contributed by atoms with Crippen molar-refractivity contribution in [2.75, 3.05) is 13.2 Å². The maximum atomic E-state index is 8.77. The second-order valence-electron chi connectivity index (χ2n) is 2.12. The normalized spacial score (nSPS) is 13.4. The number of aromatic amines is 1. The molecule has 0 bridgehead atoms. The van der Waals surface area contributed by atoms with Gasteiger partial charge in [0.15, 0.2) is 0 Å². The van der Waals surface area contributed by atoms with E-state index in [9.17, 15) is 0 Å². The summed E-state index contributed by atoms with van der Waals surface area (Å²) in [6, 6.07) is 0. The fourth-order valence-electron chi connectivity index (χ4n) is 0.790. The molecule has 10 heavy (non-hydrogen) atoms. The molecule has 0 aliphatic heterocycles. The van der Waals surface area contributed by atoms with Crippen LogP contribution in [-0.4, -0.2) is 28.2 Å². The molecule has 0 saturated heterocycles. The Balaban J connectivity index is 2.64. The molecule has 0 aliphatic carbocycles. The number of rotatable bonds is 3. The Bertz CT molecular complexity index is 169. The van der Waals surface area contributed by atoms with Crippen LogP contribution in [0.1, 0.15) is 11.6 Å². The zero-order valence-electron chi connectivity index (χ0n) is 5.62. The minimum atomic E-state index is 0.00231. The molecule has 4 nitrogen and oxygen atoms in total. The number of imidazole rings is 1. The van der Waals surface area contributed by atoms with Crippen LogP contribution in [0, 0.1) is 0 Å². The van der Waals surface area contributed by atoms with E-state index >= 15 is 0 Å². The molecule has 4 N–H and O–H groups in total. The summed E-state index contributed by atoms with van der Waals surface area (Å²) in [4.78, 5) is 6.70. The van der Waals surface area contributed by atoms with Gasteiger partial charge in [0, 0.05) is 24.4 Å². The van der Waals surface area contributed by atoms with Gasteiger partial charge in [0.05, 0.1) is 12.9 Å². The molecule has 0 fully saturated rings. The average molecular weight is 141 g/mol. The van der Waals surface area contributed by atoms with Crippen molar-refractivity contribution >= 4 is 0 Å². The third-order valence-electron chi connectivity index (χ3n) is 1.46. The smallest absolute Gasteiger partial charge is 0.0921 e. The van der Waals surface area contributed by atoms with Gasteiger partial charge in [0.25, 0.3) is 0 Å². The lowest BCUT2D eigenvalue weighted by Crippen LogP contribution is -2.16. The van der Waals surface area contributed by atoms with E-state index in [-0.39, 0.29) is 12.5 Å². The molecular weight excluding hydrogens is 130 g/mol. The van der Waals surface area contributed by atoms with Crippen molar-refractivity contribution in [3.05, 3.63) is 18.2 Å². The molecule has 0 spiro atoms. The number of nitrogens with one attached hydrogen (secondary N) is 1. The van der Waals surface area contributed by atoms with Crippen LogP contribution in [0.15, 0.2) is 12.5 Å². The summed E-state index contributed by atoms with van der Waals surface area (Å²) in [5.74, 6) is 0.00231. The van der Waals surface area contributed by atoms with Gasteiger partial charge in [-0.25, -0.2) is 4.98 Å². The van der Waals surface area contributed by atoms with Crippen LogP contribution in [0.4, 0.5) is 0 Å². The van der Waals surface area contributed by atoms with E-state index in [0.29, 0.717) is 6.54 Å². The lowest BCUT2D eigenvalue weighted by Gasteiger charge is -2.06. The molecule has 0 amide bonds. The van der Waals surface area contributed by atoms with Crippen LogP contribution in [0.5, 0.6) is 0 Å². The van der Waals surface area contributed by atoms with E-state index in [2.05, 4.69) is 9.97 Å². The number of nitrogens with two attached hydrogens (primary N) is 1. The number of aromatic nitrogens is 2. The van der Waals surface area contributed by atoms with Crippen molar-refractivity contribution < 1.29 is 5.11 Å². The maximum absolute atomic E-state index is 8.77. The molecule has 0 radical (unpaired) electrons. The number of aliphatic hydroxyl groups is 1. The summed E-state index contributed by atoms with van der Waals surface area (Å²) >= 11 is 0. The zero-order chi connectivity index (χ0) is 7.40. The lowest BCUT2D eigenvalue weighted by molar-refractivity contribution is 0.266. The van der Waals surface area contributed by atoms with Gasteiger partial charge in [-0.15, -0.1) is 0 Å².